The van der Waals surface area contributed by atoms with Crippen molar-refractivity contribution >= 4 is 11.9 Å². The second-order valence-corrected chi connectivity index (χ2v) is 15.7. The largest absolute Gasteiger partial charge is 0.467 e. The van der Waals surface area contributed by atoms with E-state index >= 15 is 0 Å². The zero-order valence-electron chi connectivity index (χ0n) is 26.3. The summed E-state index contributed by atoms with van der Waals surface area (Å²) in [5.41, 5.74) is 0.764. The van der Waals surface area contributed by atoms with Gasteiger partial charge in [-0.2, -0.15) is 0 Å². The maximum atomic E-state index is 13.0. The van der Waals surface area contributed by atoms with Gasteiger partial charge >= 0.3 is 5.97 Å². The lowest BCUT2D eigenvalue weighted by molar-refractivity contribution is -0.146. The van der Waals surface area contributed by atoms with Gasteiger partial charge in [-0.25, -0.2) is 4.79 Å². The van der Waals surface area contributed by atoms with Crippen LogP contribution in [0, 0.1) is 58.2 Å². The number of amides is 1. The van der Waals surface area contributed by atoms with Crippen LogP contribution >= 0.6 is 0 Å². The van der Waals surface area contributed by atoms with E-state index in [0.29, 0.717) is 47.0 Å². The first-order valence-electron chi connectivity index (χ1n) is 16.6. The molecule has 0 aromatic heterocycles. The van der Waals surface area contributed by atoms with Gasteiger partial charge in [-0.05, 0) is 123 Å². The average molecular weight is 560 g/mol. The van der Waals surface area contributed by atoms with Gasteiger partial charge in [-0.3, -0.25) is 4.79 Å². The first kappa shape index (κ1) is 30.3. The van der Waals surface area contributed by atoms with Gasteiger partial charge in [0.2, 0.25) is 5.91 Å². The van der Waals surface area contributed by atoms with Crippen LogP contribution in [0.25, 0.3) is 0 Å². The first-order chi connectivity index (χ1) is 18.9. The zero-order valence-corrected chi connectivity index (χ0v) is 26.3. The number of carbonyl (C=O) groups excluding carboxylic acids is 2. The van der Waals surface area contributed by atoms with E-state index in [4.69, 9.17) is 9.47 Å². The fourth-order valence-corrected chi connectivity index (χ4v) is 10.9. The minimum atomic E-state index is -0.580. The Morgan fingerprint density at radius 2 is 1.75 bits per heavy atom. The molecule has 1 saturated heterocycles. The molecule has 6 heteroatoms. The Morgan fingerprint density at radius 1 is 1.02 bits per heavy atom. The number of aliphatic hydroxyl groups excluding tert-OH is 1. The number of methoxy groups -OCH3 is 1. The molecular formula is C34H57NO5. The van der Waals surface area contributed by atoms with Crippen LogP contribution in [-0.4, -0.2) is 48.4 Å². The second-order valence-electron chi connectivity index (χ2n) is 15.7. The summed E-state index contributed by atoms with van der Waals surface area (Å²) in [5.74, 6) is 3.90. The van der Waals surface area contributed by atoms with Gasteiger partial charge in [-0.15, -0.1) is 0 Å². The molecule has 1 aliphatic heterocycles. The molecule has 6 nitrogen and oxygen atoms in total. The van der Waals surface area contributed by atoms with Gasteiger partial charge in [0.25, 0.3) is 0 Å². The van der Waals surface area contributed by atoms with Crippen molar-refractivity contribution in [2.45, 2.75) is 137 Å². The predicted octanol–water partition coefficient (Wildman–Crippen LogP) is 6.14. The van der Waals surface area contributed by atoms with Crippen LogP contribution in [0.2, 0.25) is 0 Å². The Balaban J connectivity index is 1.18. The monoisotopic (exact) mass is 559 g/mol. The fraction of sp³-hybridized carbons (Fsp3) is 0.941. The lowest BCUT2D eigenvalue weighted by Gasteiger charge is -2.61. The van der Waals surface area contributed by atoms with Crippen molar-refractivity contribution in [2.75, 3.05) is 7.11 Å². The van der Waals surface area contributed by atoms with Gasteiger partial charge in [0, 0.05) is 5.92 Å². The third-order valence-corrected chi connectivity index (χ3v) is 13.1. The molecular weight excluding hydrogens is 502 g/mol. The smallest absolute Gasteiger partial charge is 0.328 e. The van der Waals surface area contributed by atoms with Gasteiger partial charge < -0.3 is 19.9 Å². The van der Waals surface area contributed by atoms with E-state index in [0.717, 1.165) is 43.4 Å². The van der Waals surface area contributed by atoms with Crippen LogP contribution in [0.5, 0.6) is 0 Å². The van der Waals surface area contributed by atoms with E-state index in [1.54, 1.807) is 0 Å². The Labute approximate surface area is 243 Å². The highest BCUT2D eigenvalue weighted by molar-refractivity contribution is 5.85. The van der Waals surface area contributed by atoms with Crippen molar-refractivity contribution in [1.82, 2.24) is 5.32 Å². The fourth-order valence-electron chi connectivity index (χ4n) is 10.9. The van der Waals surface area contributed by atoms with Crippen LogP contribution < -0.4 is 5.32 Å². The molecule has 0 radical (unpaired) electrons. The zero-order chi connectivity index (χ0) is 29.0. The first-order valence-corrected chi connectivity index (χ1v) is 16.6. The molecule has 5 fully saturated rings. The summed E-state index contributed by atoms with van der Waals surface area (Å²) in [6.45, 7) is 13.6. The summed E-state index contributed by atoms with van der Waals surface area (Å²) >= 11 is 0. The van der Waals surface area contributed by atoms with Crippen molar-refractivity contribution < 1.29 is 24.2 Å². The minimum absolute atomic E-state index is 0.0634. The topological polar surface area (TPSA) is 84.9 Å². The molecule has 5 rings (SSSR count). The summed E-state index contributed by atoms with van der Waals surface area (Å²) in [6, 6.07) is -0.580. The maximum absolute atomic E-state index is 13.0. The SMILES string of the molecule is COC(=O)C(CC(C)C)NC(=O)[C@@H](C)CC[C@H]1O[C@H]2C[C@H]3[C@@H]4CC[C@@H]5C[C@@H](O)CC[C@]5(C)[C@H]4CC[C@]3(C)[C@H]2[C@@H]1C. The summed E-state index contributed by atoms with van der Waals surface area (Å²) < 4.78 is 11.8. The normalized spacial score (nSPS) is 45.6. The van der Waals surface area contributed by atoms with E-state index < -0.39 is 6.04 Å². The summed E-state index contributed by atoms with van der Waals surface area (Å²) in [4.78, 5) is 25.2. The molecule has 0 aromatic carbocycles. The van der Waals surface area contributed by atoms with Gasteiger partial charge in [0.05, 0.1) is 25.4 Å². The Hall–Kier alpha value is -1.14. The number of hydrogen-bond donors (Lipinski definition) is 2. The number of carbonyl (C=O) groups is 2. The van der Waals surface area contributed by atoms with E-state index in [1.807, 2.05) is 20.8 Å². The summed E-state index contributed by atoms with van der Waals surface area (Å²) in [6.07, 6.45) is 12.4. The molecule has 1 amide bonds. The predicted molar refractivity (Wildman–Crippen MR) is 156 cm³/mol. The molecule has 4 saturated carbocycles. The highest BCUT2D eigenvalue weighted by atomic mass is 16.5. The molecule has 0 aromatic rings. The molecule has 0 bridgehead atoms. The van der Waals surface area contributed by atoms with E-state index in [9.17, 15) is 14.7 Å². The van der Waals surface area contributed by atoms with E-state index in [-0.39, 0.29) is 30.0 Å². The van der Waals surface area contributed by atoms with Crippen molar-refractivity contribution in [3.8, 4) is 0 Å². The Kier molecular flexibility index (Phi) is 8.72. The standard InChI is InChI=1S/C34H57NO5/c1-19(2)16-27(32(38)39-7)35-31(37)20(3)8-11-28-21(4)30-29(40-28)18-26-24-10-9-22-17-23(36)12-14-33(22,5)25(24)13-15-34(26,30)6/h19-30,36H,8-18H2,1-7H3,(H,35,37)/t20-,21+,22+,23-,24+,25-,26-,27?,28+,29-,30-,33-,34-/m0/s1. The van der Waals surface area contributed by atoms with Crippen molar-refractivity contribution in [3.63, 3.8) is 0 Å². The molecule has 5 aliphatic rings. The Bertz CT molecular complexity index is 937. The minimum Gasteiger partial charge on any atom is -0.467 e. The van der Waals surface area contributed by atoms with Crippen LogP contribution in [0.3, 0.4) is 0 Å². The van der Waals surface area contributed by atoms with Crippen LogP contribution in [0.4, 0.5) is 0 Å². The highest BCUT2D eigenvalue weighted by Gasteiger charge is 2.65. The number of fused-ring (bicyclic) bond motifs is 7. The maximum Gasteiger partial charge on any atom is 0.328 e. The summed E-state index contributed by atoms with van der Waals surface area (Å²) in [5, 5.41) is 13.3. The number of aliphatic hydroxyl groups is 1. The third kappa shape index (κ3) is 5.27. The van der Waals surface area contributed by atoms with Gasteiger partial charge in [0.1, 0.15) is 6.04 Å². The molecule has 0 spiro atoms. The van der Waals surface area contributed by atoms with Crippen LogP contribution in [0.1, 0.15) is 112 Å². The molecule has 1 unspecified atom stereocenters. The number of esters is 1. The van der Waals surface area contributed by atoms with Gasteiger partial charge in [0.15, 0.2) is 0 Å². The second kappa shape index (κ2) is 11.5. The third-order valence-electron chi connectivity index (χ3n) is 13.1. The molecule has 228 valence electrons. The highest BCUT2D eigenvalue weighted by Crippen LogP contribution is 2.70. The number of ether oxygens (including phenoxy) is 2. The lowest BCUT2D eigenvalue weighted by Crippen LogP contribution is -2.54. The molecule has 40 heavy (non-hydrogen) atoms. The quantitative estimate of drug-likeness (QED) is 0.349. The lowest BCUT2D eigenvalue weighted by atomic mass is 9.44. The molecule has 2 N–H and O–H groups in total. The number of rotatable bonds is 8. The van der Waals surface area contributed by atoms with E-state index in [2.05, 4.69) is 26.1 Å². The molecule has 1 heterocycles. The van der Waals surface area contributed by atoms with Crippen molar-refractivity contribution in [3.05, 3.63) is 0 Å². The van der Waals surface area contributed by atoms with Crippen LogP contribution in [0.15, 0.2) is 0 Å². The van der Waals surface area contributed by atoms with Crippen molar-refractivity contribution in [2.24, 2.45) is 58.2 Å². The Morgan fingerprint density at radius 3 is 2.45 bits per heavy atom. The van der Waals surface area contributed by atoms with E-state index in [1.165, 1.54) is 45.6 Å². The van der Waals surface area contributed by atoms with Gasteiger partial charge in [-0.1, -0.05) is 41.5 Å². The van der Waals surface area contributed by atoms with Crippen LogP contribution in [-0.2, 0) is 19.1 Å². The average Bonchev–Trinajstić information content (AvgIpc) is 3.39. The van der Waals surface area contributed by atoms with Crippen molar-refractivity contribution in [1.29, 1.82) is 0 Å². The molecule has 13 atom stereocenters. The number of nitrogens with one attached hydrogen (secondary N) is 1. The summed E-state index contributed by atoms with van der Waals surface area (Å²) in [7, 11) is 1.38. The number of hydrogen-bond acceptors (Lipinski definition) is 5. The molecule has 4 aliphatic carbocycles.